The second kappa shape index (κ2) is 9.14. The summed E-state index contributed by atoms with van der Waals surface area (Å²) in [5.41, 5.74) is 3.06. The van der Waals surface area contributed by atoms with Crippen LogP contribution < -0.4 is 10.2 Å². The van der Waals surface area contributed by atoms with Gasteiger partial charge in [-0.3, -0.25) is 9.59 Å². The van der Waals surface area contributed by atoms with E-state index in [0.717, 1.165) is 16.8 Å². The number of rotatable bonds is 6. The van der Waals surface area contributed by atoms with E-state index in [0.29, 0.717) is 18.1 Å². The molecule has 4 rings (SSSR count). The molecule has 0 unspecified atom stereocenters. The minimum atomic E-state index is -0.361. The summed E-state index contributed by atoms with van der Waals surface area (Å²) >= 11 is 5.94. The standard InChI is InChI=1S/C25H23ClN2O2/c26-21-11-13-22(14-12-21)28-17-20(15-24(28)29)25(30)27-16-23(18-7-3-1-4-8-18)19-9-5-2-6-10-19/h1-14,20,23H,15-17H2,(H,27,30)/t20-/m1/s1. The van der Waals surface area contributed by atoms with Crippen LogP contribution in [0.4, 0.5) is 5.69 Å². The molecule has 3 aromatic rings. The molecule has 0 spiro atoms. The molecule has 0 saturated carbocycles. The van der Waals surface area contributed by atoms with Gasteiger partial charge in [0.2, 0.25) is 11.8 Å². The minimum Gasteiger partial charge on any atom is -0.355 e. The van der Waals surface area contributed by atoms with Gasteiger partial charge in [-0.2, -0.15) is 0 Å². The van der Waals surface area contributed by atoms with Gasteiger partial charge in [0, 0.05) is 36.1 Å². The highest BCUT2D eigenvalue weighted by atomic mass is 35.5. The van der Waals surface area contributed by atoms with E-state index in [1.807, 2.05) is 36.4 Å². The number of carbonyl (C=O) groups is 2. The molecule has 5 heteroatoms. The van der Waals surface area contributed by atoms with Gasteiger partial charge >= 0.3 is 0 Å². The van der Waals surface area contributed by atoms with Crippen LogP contribution in [0.2, 0.25) is 5.02 Å². The zero-order valence-electron chi connectivity index (χ0n) is 16.5. The van der Waals surface area contributed by atoms with Crippen molar-refractivity contribution in [3.8, 4) is 0 Å². The SMILES string of the molecule is O=C(NCC(c1ccccc1)c1ccccc1)[C@@H]1CC(=O)N(c2ccc(Cl)cc2)C1. The molecule has 1 aliphatic heterocycles. The van der Waals surface area contributed by atoms with Crippen molar-refractivity contribution in [1.29, 1.82) is 0 Å². The van der Waals surface area contributed by atoms with Crippen molar-refractivity contribution in [2.75, 3.05) is 18.0 Å². The van der Waals surface area contributed by atoms with Crippen LogP contribution in [0.5, 0.6) is 0 Å². The average molecular weight is 419 g/mol. The van der Waals surface area contributed by atoms with Gasteiger partial charge in [0.1, 0.15) is 0 Å². The number of halogens is 1. The van der Waals surface area contributed by atoms with Crippen molar-refractivity contribution in [1.82, 2.24) is 5.32 Å². The summed E-state index contributed by atoms with van der Waals surface area (Å²) in [6, 6.07) is 27.4. The normalized spacial score (nSPS) is 16.1. The summed E-state index contributed by atoms with van der Waals surface area (Å²) in [5.74, 6) is -0.432. The topological polar surface area (TPSA) is 49.4 Å². The first-order chi connectivity index (χ1) is 14.6. The predicted octanol–water partition coefficient (Wildman–Crippen LogP) is 4.64. The van der Waals surface area contributed by atoms with Crippen LogP contribution >= 0.6 is 11.6 Å². The second-order valence-corrected chi connectivity index (χ2v) is 7.94. The molecule has 1 aliphatic rings. The lowest BCUT2D eigenvalue weighted by molar-refractivity contribution is -0.126. The molecule has 152 valence electrons. The average Bonchev–Trinajstić information content (AvgIpc) is 3.17. The molecule has 3 aromatic carbocycles. The van der Waals surface area contributed by atoms with E-state index >= 15 is 0 Å². The van der Waals surface area contributed by atoms with E-state index in [1.165, 1.54) is 0 Å². The largest absolute Gasteiger partial charge is 0.355 e. The predicted molar refractivity (Wildman–Crippen MR) is 120 cm³/mol. The second-order valence-electron chi connectivity index (χ2n) is 7.50. The molecule has 30 heavy (non-hydrogen) atoms. The summed E-state index contributed by atoms with van der Waals surface area (Å²) in [7, 11) is 0. The molecule has 0 aliphatic carbocycles. The highest BCUT2D eigenvalue weighted by Gasteiger charge is 2.35. The Morgan fingerprint density at radius 2 is 1.50 bits per heavy atom. The van der Waals surface area contributed by atoms with Crippen LogP contribution in [-0.4, -0.2) is 24.9 Å². The molecule has 1 N–H and O–H groups in total. The maximum atomic E-state index is 12.9. The Morgan fingerprint density at radius 1 is 0.933 bits per heavy atom. The number of amides is 2. The summed E-state index contributed by atoms with van der Waals surface area (Å²) in [6.07, 6.45) is 0.218. The Balaban J connectivity index is 1.44. The number of nitrogens with zero attached hydrogens (tertiary/aromatic N) is 1. The van der Waals surface area contributed by atoms with Gasteiger partial charge in [-0.15, -0.1) is 0 Å². The quantitative estimate of drug-likeness (QED) is 0.633. The zero-order valence-corrected chi connectivity index (χ0v) is 17.3. The van der Waals surface area contributed by atoms with Gasteiger partial charge in [-0.25, -0.2) is 0 Å². The van der Waals surface area contributed by atoms with Crippen LogP contribution in [0.3, 0.4) is 0 Å². The lowest BCUT2D eigenvalue weighted by Gasteiger charge is -2.20. The molecule has 1 atom stereocenters. The van der Waals surface area contributed by atoms with Gasteiger partial charge in [0.15, 0.2) is 0 Å². The van der Waals surface area contributed by atoms with Gasteiger partial charge in [-0.05, 0) is 35.4 Å². The van der Waals surface area contributed by atoms with Gasteiger partial charge in [0.25, 0.3) is 0 Å². The van der Waals surface area contributed by atoms with E-state index in [2.05, 4.69) is 29.6 Å². The Bertz CT molecular complexity index is 967. The fourth-order valence-corrected chi connectivity index (χ4v) is 4.03. The molecule has 0 radical (unpaired) electrons. The molecule has 2 amide bonds. The lowest BCUT2D eigenvalue weighted by atomic mass is 9.91. The van der Waals surface area contributed by atoms with E-state index in [1.54, 1.807) is 29.2 Å². The van der Waals surface area contributed by atoms with E-state index in [9.17, 15) is 9.59 Å². The van der Waals surface area contributed by atoms with E-state index in [4.69, 9.17) is 11.6 Å². The first-order valence-corrected chi connectivity index (χ1v) is 10.4. The fourth-order valence-electron chi connectivity index (χ4n) is 3.90. The Morgan fingerprint density at radius 3 is 2.07 bits per heavy atom. The molecule has 1 heterocycles. The van der Waals surface area contributed by atoms with Crippen LogP contribution in [0.15, 0.2) is 84.9 Å². The minimum absolute atomic E-state index is 0.0415. The molecular formula is C25H23ClN2O2. The molecule has 1 saturated heterocycles. The number of hydrogen-bond donors (Lipinski definition) is 1. The third-order valence-corrected chi connectivity index (χ3v) is 5.77. The number of benzene rings is 3. The highest BCUT2D eigenvalue weighted by Crippen LogP contribution is 2.27. The number of anilines is 1. The van der Waals surface area contributed by atoms with Crippen molar-refractivity contribution in [3.63, 3.8) is 0 Å². The highest BCUT2D eigenvalue weighted by molar-refractivity contribution is 6.30. The van der Waals surface area contributed by atoms with Crippen molar-refractivity contribution < 1.29 is 9.59 Å². The van der Waals surface area contributed by atoms with Crippen LogP contribution in [0, 0.1) is 5.92 Å². The maximum Gasteiger partial charge on any atom is 0.227 e. The number of nitrogens with one attached hydrogen (secondary N) is 1. The third kappa shape index (κ3) is 4.55. The van der Waals surface area contributed by atoms with Gasteiger partial charge in [0.05, 0.1) is 5.92 Å². The number of carbonyl (C=O) groups excluding carboxylic acids is 2. The Kier molecular flexibility index (Phi) is 6.15. The van der Waals surface area contributed by atoms with E-state index in [-0.39, 0.29) is 30.1 Å². The molecule has 4 nitrogen and oxygen atoms in total. The zero-order chi connectivity index (χ0) is 20.9. The summed E-state index contributed by atoms with van der Waals surface area (Å²) in [6.45, 7) is 0.867. The first kappa shape index (κ1) is 20.2. The Hall–Kier alpha value is -3.11. The van der Waals surface area contributed by atoms with Gasteiger partial charge < -0.3 is 10.2 Å². The summed E-state index contributed by atoms with van der Waals surface area (Å²) in [5, 5.41) is 3.70. The van der Waals surface area contributed by atoms with Crippen molar-refractivity contribution in [3.05, 3.63) is 101 Å². The molecule has 0 bridgehead atoms. The molecule has 1 fully saturated rings. The van der Waals surface area contributed by atoms with E-state index < -0.39 is 0 Å². The smallest absolute Gasteiger partial charge is 0.227 e. The maximum absolute atomic E-state index is 12.9. The summed E-state index contributed by atoms with van der Waals surface area (Å²) in [4.78, 5) is 27.0. The fraction of sp³-hybridized carbons (Fsp3) is 0.200. The monoisotopic (exact) mass is 418 g/mol. The van der Waals surface area contributed by atoms with Crippen LogP contribution in [0.1, 0.15) is 23.5 Å². The van der Waals surface area contributed by atoms with Crippen molar-refractivity contribution in [2.45, 2.75) is 12.3 Å². The summed E-state index contributed by atoms with van der Waals surface area (Å²) < 4.78 is 0. The van der Waals surface area contributed by atoms with Crippen LogP contribution in [-0.2, 0) is 9.59 Å². The van der Waals surface area contributed by atoms with Crippen molar-refractivity contribution in [2.24, 2.45) is 5.92 Å². The first-order valence-electron chi connectivity index (χ1n) is 10.1. The molecule has 0 aromatic heterocycles. The lowest BCUT2D eigenvalue weighted by Crippen LogP contribution is -2.35. The van der Waals surface area contributed by atoms with Gasteiger partial charge in [-0.1, -0.05) is 72.3 Å². The Labute approximate surface area is 181 Å². The molecular weight excluding hydrogens is 396 g/mol. The third-order valence-electron chi connectivity index (χ3n) is 5.52. The number of hydrogen-bond acceptors (Lipinski definition) is 2. The van der Waals surface area contributed by atoms with Crippen molar-refractivity contribution >= 4 is 29.1 Å². The van der Waals surface area contributed by atoms with Crippen LogP contribution in [0.25, 0.3) is 0 Å².